The Labute approximate surface area is 207 Å². The first-order valence-corrected chi connectivity index (χ1v) is 11.3. The van der Waals surface area contributed by atoms with Gasteiger partial charge in [0.15, 0.2) is 6.61 Å². The highest BCUT2D eigenvalue weighted by atomic mass is 19.4. The lowest BCUT2D eigenvalue weighted by Crippen LogP contribution is -2.28. The summed E-state index contributed by atoms with van der Waals surface area (Å²) in [5, 5.41) is 5.55. The molecular formula is C24H31F3N4O5. The van der Waals surface area contributed by atoms with Crippen molar-refractivity contribution < 1.29 is 37.0 Å². The quantitative estimate of drug-likeness (QED) is 0.410. The van der Waals surface area contributed by atoms with Crippen LogP contribution >= 0.6 is 0 Å². The summed E-state index contributed by atoms with van der Waals surface area (Å²) in [6.45, 7) is 6.02. The average Bonchev–Trinajstić information content (AvgIpc) is 2.79. The molecule has 2 N–H and O–H groups in total. The van der Waals surface area contributed by atoms with Gasteiger partial charge in [-0.1, -0.05) is 13.8 Å². The van der Waals surface area contributed by atoms with Crippen molar-refractivity contribution in [1.82, 2.24) is 15.3 Å². The molecule has 0 spiro atoms. The van der Waals surface area contributed by atoms with E-state index in [1.807, 2.05) is 0 Å². The van der Waals surface area contributed by atoms with E-state index in [0.717, 1.165) is 0 Å². The zero-order valence-corrected chi connectivity index (χ0v) is 20.9. The number of hydrogen-bond acceptors (Lipinski definition) is 7. The number of nitrogens with zero attached hydrogens (tertiary/aromatic N) is 2. The number of amides is 2. The Hall–Kier alpha value is -3.41. The van der Waals surface area contributed by atoms with Crippen LogP contribution in [-0.2, 0) is 9.53 Å². The van der Waals surface area contributed by atoms with Gasteiger partial charge in [0.1, 0.15) is 11.4 Å². The maximum Gasteiger partial charge on any atom is 0.422 e. The number of aryl methyl sites for hydroxylation is 1. The maximum absolute atomic E-state index is 13.0. The SMILES string of the molecule is COCCCOc1nc(OCC(F)(F)F)ccc1C(=O)NC(C)c1cc(C)nc(NC(=O)C(C)C)c1. The van der Waals surface area contributed by atoms with Gasteiger partial charge < -0.3 is 24.8 Å². The Balaban J connectivity index is 2.21. The molecule has 2 amide bonds. The van der Waals surface area contributed by atoms with Gasteiger partial charge in [0.25, 0.3) is 5.91 Å². The lowest BCUT2D eigenvalue weighted by Gasteiger charge is -2.18. The first-order valence-electron chi connectivity index (χ1n) is 11.3. The maximum atomic E-state index is 13.0. The van der Waals surface area contributed by atoms with Crippen molar-refractivity contribution in [1.29, 1.82) is 0 Å². The Morgan fingerprint density at radius 2 is 1.78 bits per heavy atom. The van der Waals surface area contributed by atoms with Gasteiger partial charge in [-0.3, -0.25) is 9.59 Å². The molecule has 0 fully saturated rings. The lowest BCUT2D eigenvalue weighted by atomic mass is 10.1. The standard InChI is InChI=1S/C24H31F3N4O5/c1-14(2)21(32)30-19-12-17(11-15(3)28-19)16(4)29-22(33)18-7-8-20(36-13-24(25,26)27)31-23(18)35-10-6-9-34-5/h7-8,11-12,14,16H,6,9-10,13H2,1-5H3,(H,29,33)(H,28,30,32). The van der Waals surface area contributed by atoms with Crippen molar-refractivity contribution in [3.05, 3.63) is 41.1 Å². The Kier molecular flexibility index (Phi) is 10.5. The van der Waals surface area contributed by atoms with Gasteiger partial charge in [0.2, 0.25) is 17.7 Å². The van der Waals surface area contributed by atoms with E-state index in [4.69, 9.17) is 9.47 Å². The first-order chi connectivity index (χ1) is 16.9. The highest BCUT2D eigenvalue weighted by molar-refractivity contribution is 5.96. The van der Waals surface area contributed by atoms with Crippen molar-refractivity contribution in [3.8, 4) is 11.8 Å². The predicted octanol–water partition coefficient (Wildman–Crippen LogP) is 4.23. The fourth-order valence-corrected chi connectivity index (χ4v) is 2.95. The van der Waals surface area contributed by atoms with E-state index in [-0.39, 0.29) is 35.8 Å². The van der Waals surface area contributed by atoms with Gasteiger partial charge in [-0.05, 0) is 37.6 Å². The van der Waals surface area contributed by atoms with Crippen molar-refractivity contribution in [2.45, 2.75) is 46.3 Å². The molecule has 0 aliphatic rings. The molecule has 0 aliphatic carbocycles. The summed E-state index contributed by atoms with van der Waals surface area (Å²) in [7, 11) is 1.52. The Morgan fingerprint density at radius 1 is 1.06 bits per heavy atom. The van der Waals surface area contributed by atoms with Crippen LogP contribution < -0.4 is 20.1 Å². The summed E-state index contributed by atoms with van der Waals surface area (Å²) in [6.07, 6.45) is -4.06. The summed E-state index contributed by atoms with van der Waals surface area (Å²) in [6, 6.07) is 5.38. The number of carbonyl (C=O) groups is 2. The number of aromatic nitrogens is 2. The van der Waals surface area contributed by atoms with Crippen LogP contribution in [0.5, 0.6) is 11.8 Å². The summed E-state index contributed by atoms with van der Waals surface area (Å²) in [4.78, 5) is 33.3. The van der Waals surface area contributed by atoms with E-state index in [9.17, 15) is 22.8 Å². The number of rotatable bonds is 12. The number of pyridine rings is 2. The molecule has 0 saturated heterocycles. The molecule has 0 saturated carbocycles. The van der Waals surface area contributed by atoms with Crippen LogP contribution in [0.15, 0.2) is 24.3 Å². The minimum atomic E-state index is -4.54. The molecule has 2 aromatic heterocycles. The fraction of sp³-hybridized carbons (Fsp3) is 0.500. The minimum absolute atomic E-state index is 0.0257. The number of methoxy groups -OCH3 is 1. The molecule has 1 atom stereocenters. The van der Waals surface area contributed by atoms with Gasteiger partial charge in [0.05, 0.1) is 12.6 Å². The van der Waals surface area contributed by atoms with Gasteiger partial charge in [-0.15, -0.1) is 0 Å². The van der Waals surface area contributed by atoms with E-state index < -0.39 is 24.7 Å². The number of nitrogens with one attached hydrogen (secondary N) is 2. The monoisotopic (exact) mass is 512 g/mol. The van der Waals surface area contributed by atoms with Gasteiger partial charge in [0, 0.05) is 37.8 Å². The molecule has 2 heterocycles. The third-order valence-corrected chi connectivity index (χ3v) is 4.79. The van der Waals surface area contributed by atoms with Crippen LogP contribution in [0.4, 0.5) is 19.0 Å². The van der Waals surface area contributed by atoms with Crippen molar-refractivity contribution >= 4 is 17.6 Å². The second kappa shape index (κ2) is 13.1. The molecular weight excluding hydrogens is 481 g/mol. The number of halogens is 3. The fourth-order valence-electron chi connectivity index (χ4n) is 2.95. The summed E-state index contributed by atoms with van der Waals surface area (Å²) in [5.41, 5.74) is 1.36. The predicted molar refractivity (Wildman–Crippen MR) is 126 cm³/mol. The smallest absolute Gasteiger partial charge is 0.422 e. The van der Waals surface area contributed by atoms with Gasteiger partial charge in [-0.25, -0.2) is 4.98 Å². The lowest BCUT2D eigenvalue weighted by molar-refractivity contribution is -0.154. The zero-order valence-electron chi connectivity index (χ0n) is 20.9. The third-order valence-electron chi connectivity index (χ3n) is 4.79. The first kappa shape index (κ1) is 28.8. The van der Waals surface area contributed by atoms with Crippen molar-refractivity contribution in [2.75, 3.05) is 32.2 Å². The van der Waals surface area contributed by atoms with Crippen LogP contribution in [0.25, 0.3) is 0 Å². The molecule has 2 rings (SSSR count). The molecule has 2 aromatic rings. The zero-order chi connectivity index (χ0) is 26.9. The minimum Gasteiger partial charge on any atom is -0.477 e. The normalized spacial score (nSPS) is 12.2. The van der Waals surface area contributed by atoms with Crippen LogP contribution in [0.3, 0.4) is 0 Å². The van der Waals surface area contributed by atoms with Crippen molar-refractivity contribution in [3.63, 3.8) is 0 Å². The van der Waals surface area contributed by atoms with Gasteiger partial charge in [-0.2, -0.15) is 18.2 Å². The van der Waals surface area contributed by atoms with Gasteiger partial charge >= 0.3 is 6.18 Å². The van der Waals surface area contributed by atoms with Crippen LogP contribution in [-0.4, -0.2) is 54.9 Å². The molecule has 198 valence electrons. The largest absolute Gasteiger partial charge is 0.477 e. The average molecular weight is 513 g/mol. The third kappa shape index (κ3) is 9.33. The van der Waals surface area contributed by atoms with Crippen LogP contribution in [0.2, 0.25) is 0 Å². The number of carbonyl (C=O) groups excluding carboxylic acids is 2. The molecule has 0 radical (unpaired) electrons. The molecule has 36 heavy (non-hydrogen) atoms. The summed E-state index contributed by atoms with van der Waals surface area (Å²) in [5.74, 6) is -1.10. The van der Waals surface area contributed by atoms with E-state index in [2.05, 4.69) is 25.3 Å². The summed E-state index contributed by atoms with van der Waals surface area (Å²) < 4.78 is 52.7. The number of anilines is 1. The van der Waals surface area contributed by atoms with Crippen molar-refractivity contribution in [2.24, 2.45) is 5.92 Å². The highest BCUT2D eigenvalue weighted by Crippen LogP contribution is 2.24. The summed E-state index contributed by atoms with van der Waals surface area (Å²) >= 11 is 0. The number of ether oxygens (including phenoxy) is 3. The number of alkyl halides is 3. The van der Waals surface area contributed by atoms with E-state index >= 15 is 0 Å². The van der Waals surface area contributed by atoms with Crippen LogP contribution in [0.1, 0.15) is 54.8 Å². The van der Waals surface area contributed by atoms with E-state index in [1.165, 1.54) is 19.2 Å². The van der Waals surface area contributed by atoms with E-state index in [0.29, 0.717) is 30.1 Å². The molecule has 0 aromatic carbocycles. The molecule has 0 aliphatic heterocycles. The Bertz CT molecular complexity index is 1050. The van der Waals surface area contributed by atoms with E-state index in [1.54, 1.807) is 39.8 Å². The molecule has 0 bridgehead atoms. The number of hydrogen-bond donors (Lipinski definition) is 2. The molecule has 1 unspecified atom stereocenters. The Morgan fingerprint density at radius 3 is 2.42 bits per heavy atom. The topological polar surface area (TPSA) is 112 Å². The molecule has 12 heteroatoms. The van der Waals surface area contributed by atoms with Crippen LogP contribution in [0, 0.1) is 12.8 Å². The highest BCUT2D eigenvalue weighted by Gasteiger charge is 2.29. The second-order valence-electron chi connectivity index (χ2n) is 8.37. The second-order valence-corrected chi connectivity index (χ2v) is 8.37. The molecule has 9 nitrogen and oxygen atoms in total.